The van der Waals surface area contributed by atoms with Crippen molar-refractivity contribution >= 4 is 54.5 Å². The second kappa shape index (κ2) is 20.4. The fourth-order valence-corrected chi connectivity index (χ4v) is 12.2. The van der Waals surface area contributed by atoms with E-state index in [-0.39, 0.29) is 0 Å². The Labute approximate surface area is 485 Å². The highest BCUT2D eigenvalue weighted by molar-refractivity contribution is 6.19. The molecular weight excluding hydrogens is 1020 g/mol. The number of hydrogen-bond donors (Lipinski definition) is 0. The summed E-state index contributed by atoms with van der Waals surface area (Å²) in [7, 11) is 0. The molecule has 16 aromatic rings. The van der Waals surface area contributed by atoms with Crippen molar-refractivity contribution in [2.45, 2.75) is 0 Å². The molecule has 0 radical (unpaired) electrons. The maximum atomic E-state index is 6.44. The Kier molecular flexibility index (Phi) is 11.8. The van der Waals surface area contributed by atoms with E-state index >= 15 is 0 Å². The van der Waals surface area contributed by atoms with Gasteiger partial charge in [-0.05, 0) is 127 Å². The second-order valence-electron chi connectivity index (χ2n) is 21.5. The number of fused-ring (bicyclic) bond motifs is 7. The van der Waals surface area contributed by atoms with E-state index in [1.54, 1.807) is 0 Å². The average Bonchev–Trinajstić information content (AvgIpc) is 3.49. The number of hydrogen-bond acceptors (Lipinski definition) is 4. The molecule has 5 nitrogen and oxygen atoms in total. The minimum absolute atomic E-state index is 0.568. The van der Waals surface area contributed by atoms with E-state index in [4.69, 9.17) is 19.4 Å². The summed E-state index contributed by atoms with van der Waals surface area (Å²) in [4.78, 5) is 16.1. The monoisotopic (exact) mass is 1070 g/mol. The van der Waals surface area contributed by atoms with E-state index in [9.17, 15) is 0 Å². The quantitative estimate of drug-likeness (QED) is 0.137. The smallest absolute Gasteiger partial charge is 0.164 e. The van der Waals surface area contributed by atoms with Crippen LogP contribution in [0.15, 0.2) is 308 Å². The molecule has 0 spiro atoms. The van der Waals surface area contributed by atoms with Crippen LogP contribution in [0, 0.1) is 0 Å². The summed E-state index contributed by atoms with van der Waals surface area (Å²) >= 11 is 0. The van der Waals surface area contributed by atoms with Crippen LogP contribution in [-0.2, 0) is 0 Å². The van der Waals surface area contributed by atoms with Crippen LogP contribution in [0.4, 0.5) is 0 Å². The summed E-state index contributed by atoms with van der Waals surface area (Å²) in [5, 5.41) is 6.88. The minimum Gasteiger partial charge on any atom is -0.456 e. The van der Waals surface area contributed by atoms with E-state index in [2.05, 4.69) is 296 Å². The SMILES string of the molecule is c1ccc(-c2ccc(-c3ccc(-c4nc(-c5ccc(-c6ccc(-c7ccccc7)cc6)cc5)nc(-c5ccc(-n6c7cc8ccccc8cc7c7c(-c8ccccc8)cccc76)c(-c6ccc7oc8ccccc8c7c6)c5)n4)cc3)cc2)cc1. The van der Waals surface area contributed by atoms with Gasteiger partial charge in [0.2, 0.25) is 0 Å². The minimum atomic E-state index is 0.568. The lowest BCUT2D eigenvalue weighted by Gasteiger charge is -2.17. The fourth-order valence-electron chi connectivity index (χ4n) is 12.2. The highest BCUT2D eigenvalue weighted by Gasteiger charge is 2.22. The third-order valence-corrected chi connectivity index (χ3v) is 16.5. The van der Waals surface area contributed by atoms with E-state index in [0.717, 1.165) is 88.7 Å². The van der Waals surface area contributed by atoms with Crippen LogP contribution in [0.2, 0.25) is 0 Å². The van der Waals surface area contributed by atoms with Gasteiger partial charge in [-0.25, -0.2) is 15.0 Å². The van der Waals surface area contributed by atoms with Crippen LogP contribution in [-0.4, -0.2) is 19.5 Å². The van der Waals surface area contributed by atoms with Gasteiger partial charge in [0.25, 0.3) is 0 Å². The molecule has 13 aromatic carbocycles. The molecule has 0 aliphatic rings. The summed E-state index contributed by atoms with van der Waals surface area (Å²) in [5.74, 6) is 1.74. The lowest BCUT2D eigenvalue weighted by atomic mass is 9.98. The lowest BCUT2D eigenvalue weighted by Crippen LogP contribution is -2.02. The van der Waals surface area contributed by atoms with Crippen molar-refractivity contribution in [1.82, 2.24) is 19.5 Å². The molecule has 16 rings (SSSR count). The third kappa shape index (κ3) is 8.71. The Morgan fingerprint density at radius 2 is 0.667 bits per heavy atom. The molecule has 392 valence electrons. The number of aromatic nitrogens is 4. The summed E-state index contributed by atoms with van der Waals surface area (Å²) in [6.45, 7) is 0. The largest absolute Gasteiger partial charge is 0.456 e. The van der Waals surface area contributed by atoms with Crippen LogP contribution >= 0.6 is 0 Å². The molecule has 0 unspecified atom stereocenters. The topological polar surface area (TPSA) is 56.7 Å². The Balaban J connectivity index is 0.874. The number of benzene rings is 13. The fraction of sp³-hybridized carbons (Fsp3) is 0. The van der Waals surface area contributed by atoms with Gasteiger partial charge in [-0.3, -0.25) is 0 Å². The van der Waals surface area contributed by atoms with E-state index in [1.165, 1.54) is 54.9 Å². The number of para-hydroxylation sites is 1. The number of rotatable bonds is 10. The molecule has 0 saturated carbocycles. The molecule has 0 saturated heterocycles. The summed E-state index contributed by atoms with van der Waals surface area (Å²) in [6, 6.07) is 108. The normalized spacial score (nSPS) is 11.6. The van der Waals surface area contributed by atoms with E-state index in [0.29, 0.717) is 17.5 Å². The van der Waals surface area contributed by atoms with Crippen LogP contribution < -0.4 is 0 Å². The molecule has 0 aliphatic carbocycles. The van der Waals surface area contributed by atoms with E-state index in [1.807, 2.05) is 12.1 Å². The van der Waals surface area contributed by atoms with Crippen LogP contribution in [0.1, 0.15) is 0 Å². The predicted molar refractivity (Wildman–Crippen MR) is 348 cm³/mol. The molecule has 0 N–H and O–H groups in total. The maximum Gasteiger partial charge on any atom is 0.164 e. The summed E-state index contributed by atoms with van der Waals surface area (Å²) < 4.78 is 8.89. The lowest BCUT2D eigenvalue weighted by molar-refractivity contribution is 0.669. The molecule has 0 fully saturated rings. The first-order valence-electron chi connectivity index (χ1n) is 28.5. The molecule has 3 heterocycles. The zero-order chi connectivity index (χ0) is 55.5. The predicted octanol–water partition coefficient (Wildman–Crippen LogP) is 21.0. The van der Waals surface area contributed by atoms with Crippen LogP contribution in [0.25, 0.3) is 161 Å². The average molecular weight is 1070 g/mol. The Hall–Kier alpha value is -11.3. The van der Waals surface area contributed by atoms with Gasteiger partial charge in [-0.2, -0.15) is 0 Å². The van der Waals surface area contributed by atoms with Gasteiger partial charge in [-0.1, -0.05) is 249 Å². The molecule has 0 aliphatic heterocycles. The van der Waals surface area contributed by atoms with Gasteiger partial charge in [0.1, 0.15) is 11.2 Å². The van der Waals surface area contributed by atoms with Crippen molar-refractivity contribution in [2.75, 3.05) is 0 Å². The molecule has 0 amide bonds. The first-order chi connectivity index (χ1) is 41.6. The molecule has 3 aromatic heterocycles. The maximum absolute atomic E-state index is 6.44. The van der Waals surface area contributed by atoms with Gasteiger partial charge in [0, 0.05) is 43.8 Å². The highest BCUT2D eigenvalue weighted by atomic mass is 16.3. The van der Waals surface area contributed by atoms with E-state index < -0.39 is 0 Å². The first kappa shape index (κ1) is 48.6. The van der Waals surface area contributed by atoms with Crippen LogP contribution in [0.3, 0.4) is 0 Å². The molecule has 84 heavy (non-hydrogen) atoms. The number of nitrogens with zero attached hydrogens (tertiary/aromatic N) is 4. The first-order valence-corrected chi connectivity index (χ1v) is 28.5. The van der Waals surface area contributed by atoms with Crippen molar-refractivity contribution < 1.29 is 4.42 Å². The highest BCUT2D eigenvalue weighted by Crippen LogP contribution is 2.44. The van der Waals surface area contributed by atoms with Crippen molar-refractivity contribution in [3.05, 3.63) is 303 Å². The van der Waals surface area contributed by atoms with Crippen LogP contribution in [0.5, 0.6) is 0 Å². The molecule has 5 heteroatoms. The van der Waals surface area contributed by atoms with Crippen molar-refractivity contribution in [1.29, 1.82) is 0 Å². The zero-order valence-electron chi connectivity index (χ0n) is 45.6. The Morgan fingerprint density at radius 3 is 1.23 bits per heavy atom. The van der Waals surface area contributed by atoms with Gasteiger partial charge in [-0.15, -0.1) is 0 Å². The van der Waals surface area contributed by atoms with Crippen molar-refractivity contribution in [2.24, 2.45) is 0 Å². The summed E-state index contributed by atoms with van der Waals surface area (Å²) in [5.41, 5.74) is 21.2. The Bertz CT molecular complexity index is 4980. The standard InChI is InChI=1S/C79H50N4O/c1-4-15-51(16-5-1)53-27-31-55(32-28-53)57-35-39-60(40-36-57)77-80-78(61-41-37-58(38-42-61)56-33-29-54(30-34-56)52-17-6-2-7-18-52)82-79(81-77)65-43-45-71(68(49-65)64-44-46-75-69(48-64)67-23-12-13-26-74(67)84-75)83-72-25-14-24-66(59-19-8-3-9-20-59)76(72)70-47-62-21-10-11-22-63(62)50-73(70)83/h1-50H. The summed E-state index contributed by atoms with van der Waals surface area (Å²) in [6.07, 6.45) is 0. The third-order valence-electron chi connectivity index (χ3n) is 16.5. The van der Waals surface area contributed by atoms with Gasteiger partial charge in [0.15, 0.2) is 17.5 Å². The Morgan fingerprint density at radius 1 is 0.238 bits per heavy atom. The van der Waals surface area contributed by atoms with Gasteiger partial charge >= 0.3 is 0 Å². The number of furan rings is 1. The zero-order valence-corrected chi connectivity index (χ0v) is 45.6. The van der Waals surface area contributed by atoms with Crippen molar-refractivity contribution in [3.63, 3.8) is 0 Å². The van der Waals surface area contributed by atoms with Crippen molar-refractivity contribution in [3.8, 4) is 107 Å². The van der Waals surface area contributed by atoms with Gasteiger partial charge in [0.05, 0.1) is 16.7 Å². The molecular formula is C79H50N4O. The molecule has 0 bridgehead atoms. The molecule has 0 atom stereocenters. The van der Waals surface area contributed by atoms with Gasteiger partial charge < -0.3 is 8.98 Å². The second-order valence-corrected chi connectivity index (χ2v) is 21.5.